The molecule has 1 fully saturated rings. The van der Waals surface area contributed by atoms with Gasteiger partial charge in [-0.15, -0.1) is 0 Å². The van der Waals surface area contributed by atoms with Crippen LogP contribution in [-0.2, 0) is 9.59 Å². The highest BCUT2D eigenvalue weighted by molar-refractivity contribution is 9.10. The molecule has 1 aliphatic heterocycles. The lowest BCUT2D eigenvalue weighted by Gasteiger charge is -2.43. The number of carbonyl (C=O) groups is 2. The van der Waals surface area contributed by atoms with Gasteiger partial charge in [0.15, 0.2) is 0 Å². The van der Waals surface area contributed by atoms with E-state index in [1.807, 2.05) is 24.3 Å². The lowest BCUT2D eigenvalue weighted by molar-refractivity contribution is -0.155. The highest BCUT2D eigenvalue weighted by atomic mass is 79.9. The van der Waals surface area contributed by atoms with Crippen molar-refractivity contribution in [1.82, 2.24) is 10.2 Å². The van der Waals surface area contributed by atoms with Crippen molar-refractivity contribution in [1.29, 1.82) is 0 Å². The second kappa shape index (κ2) is 6.05. The van der Waals surface area contributed by atoms with Crippen LogP contribution in [-0.4, -0.2) is 41.4 Å². The average Bonchev–Trinajstić information content (AvgIpc) is 2.41. The number of benzene rings is 1. The third kappa shape index (κ3) is 3.37. The van der Waals surface area contributed by atoms with Gasteiger partial charge in [0, 0.05) is 4.47 Å². The van der Waals surface area contributed by atoms with E-state index in [1.54, 1.807) is 25.7 Å². The zero-order valence-corrected chi connectivity index (χ0v) is 13.9. The summed E-state index contributed by atoms with van der Waals surface area (Å²) in [5.74, 6) is 0.499. The Morgan fingerprint density at radius 2 is 2.10 bits per heavy atom. The van der Waals surface area contributed by atoms with Gasteiger partial charge in [-0.2, -0.15) is 0 Å². The Labute approximate surface area is 132 Å². The molecular formula is C15H19BrN2O3. The van der Waals surface area contributed by atoms with E-state index >= 15 is 0 Å². The predicted octanol–water partition coefficient (Wildman–Crippen LogP) is 1.95. The van der Waals surface area contributed by atoms with Gasteiger partial charge in [0.2, 0.25) is 11.8 Å². The van der Waals surface area contributed by atoms with Gasteiger partial charge in [0.05, 0.1) is 6.54 Å². The van der Waals surface area contributed by atoms with E-state index in [2.05, 4.69) is 21.2 Å². The van der Waals surface area contributed by atoms with Crippen LogP contribution < -0.4 is 10.1 Å². The van der Waals surface area contributed by atoms with Gasteiger partial charge in [0.1, 0.15) is 23.9 Å². The predicted molar refractivity (Wildman–Crippen MR) is 83.0 cm³/mol. The summed E-state index contributed by atoms with van der Waals surface area (Å²) in [6, 6.07) is 7.01. The first kappa shape index (κ1) is 15.8. The van der Waals surface area contributed by atoms with Crippen LogP contribution in [0.5, 0.6) is 5.75 Å². The van der Waals surface area contributed by atoms with Gasteiger partial charge in [-0.25, -0.2) is 0 Å². The lowest BCUT2D eigenvalue weighted by atomic mass is 9.96. The maximum atomic E-state index is 12.2. The van der Waals surface area contributed by atoms with Gasteiger partial charge < -0.3 is 15.0 Å². The number of nitrogens with one attached hydrogen (secondary N) is 1. The van der Waals surface area contributed by atoms with Gasteiger partial charge >= 0.3 is 0 Å². The Morgan fingerprint density at radius 3 is 2.76 bits per heavy atom. The normalized spacial score (nSPS) is 21.1. The second-order valence-electron chi connectivity index (χ2n) is 5.55. The van der Waals surface area contributed by atoms with Crippen molar-refractivity contribution < 1.29 is 14.3 Å². The van der Waals surface area contributed by atoms with Crippen molar-refractivity contribution in [3.05, 3.63) is 28.7 Å². The number of hydrogen-bond donors (Lipinski definition) is 1. The molecule has 0 saturated carbocycles. The molecule has 114 valence electrons. The molecule has 2 amide bonds. The van der Waals surface area contributed by atoms with Gasteiger partial charge in [-0.1, -0.05) is 22.0 Å². The minimum Gasteiger partial charge on any atom is -0.492 e. The summed E-state index contributed by atoms with van der Waals surface area (Å²) in [5.41, 5.74) is -0.857. The highest BCUT2D eigenvalue weighted by Crippen LogP contribution is 2.21. The first-order valence-corrected chi connectivity index (χ1v) is 7.62. The molecule has 1 unspecified atom stereocenters. The number of halogens is 1. The van der Waals surface area contributed by atoms with Crippen molar-refractivity contribution >= 4 is 27.7 Å². The SMILES string of the molecule is CC1NC(=O)C(C)(C)N(CCOc2cccc(Br)c2)C1=O. The van der Waals surface area contributed by atoms with Crippen LogP contribution in [0.1, 0.15) is 20.8 Å². The molecule has 0 aliphatic carbocycles. The molecule has 1 N–H and O–H groups in total. The van der Waals surface area contributed by atoms with E-state index in [-0.39, 0.29) is 11.8 Å². The summed E-state index contributed by atoms with van der Waals surface area (Å²) in [4.78, 5) is 25.8. The molecular weight excluding hydrogens is 336 g/mol. The van der Waals surface area contributed by atoms with Gasteiger partial charge in [-0.3, -0.25) is 9.59 Å². The smallest absolute Gasteiger partial charge is 0.246 e. The number of rotatable bonds is 4. The summed E-state index contributed by atoms with van der Waals surface area (Å²) < 4.78 is 6.58. The summed E-state index contributed by atoms with van der Waals surface area (Å²) >= 11 is 3.38. The minimum absolute atomic E-state index is 0.0857. The van der Waals surface area contributed by atoms with Crippen LogP contribution in [0.3, 0.4) is 0 Å². The number of nitrogens with zero attached hydrogens (tertiary/aromatic N) is 1. The van der Waals surface area contributed by atoms with Crippen LogP contribution in [0.2, 0.25) is 0 Å². The highest BCUT2D eigenvalue weighted by Gasteiger charge is 2.44. The number of carbonyl (C=O) groups excluding carboxylic acids is 2. The topological polar surface area (TPSA) is 58.6 Å². The summed E-state index contributed by atoms with van der Waals surface area (Å²) in [7, 11) is 0. The van der Waals surface area contributed by atoms with Gasteiger partial charge in [0.25, 0.3) is 0 Å². The number of piperazine rings is 1. The van der Waals surface area contributed by atoms with E-state index in [9.17, 15) is 9.59 Å². The van der Waals surface area contributed by atoms with E-state index in [4.69, 9.17) is 4.74 Å². The van der Waals surface area contributed by atoms with Gasteiger partial charge in [-0.05, 0) is 39.0 Å². The Balaban J connectivity index is 2.00. The van der Waals surface area contributed by atoms with Crippen molar-refractivity contribution in [2.75, 3.05) is 13.2 Å². The first-order chi connectivity index (χ1) is 9.82. The number of amides is 2. The molecule has 21 heavy (non-hydrogen) atoms. The fourth-order valence-corrected chi connectivity index (χ4v) is 2.65. The molecule has 5 nitrogen and oxygen atoms in total. The molecule has 1 heterocycles. The molecule has 1 aliphatic rings. The third-order valence-corrected chi connectivity index (χ3v) is 4.09. The van der Waals surface area contributed by atoms with Crippen molar-refractivity contribution in [3.8, 4) is 5.75 Å². The van der Waals surface area contributed by atoms with E-state index < -0.39 is 11.6 Å². The molecule has 6 heteroatoms. The van der Waals surface area contributed by atoms with Crippen molar-refractivity contribution in [3.63, 3.8) is 0 Å². The molecule has 0 bridgehead atoms. The molecule has 2 rings (SSSR count). The Bertz CT molecular complexity index is 560. The zero-order chi connectivity index (χ0) is 15.6. The van der Waals surface area contributed by atoms with Crippen LogP contribution in [0.15, 0.2) is 28.7 Å². The number of hydrogen-bond acceptors (Lipinski definition) is 3. The Morgan fingerprint density at radius 1 is 1.38 bits per heavy atom. The fourth-order valence-electron chi connectivity index (χ4n) is 2.27. The summed E-state index contributed by atoms with van der Waals surface area (Å²) in [5, 5.41) is 2.69. The molecule has 0 spiro atoms. The lowest BCUT2D eigenvalue weighted by Crippen LogP contribution is -2.68. The standard InChI is InChI=1S/C15H19BrN2O3/c1-10-13(19)18(15(2,3)14(20)17-10)7-8-21-12-6-4-5-11(16)9-12/h4-6,9-10H,7-8H2,1-3H3,(H,17,20). The molecule has 1 aromatic carbocycles. The third-order valence-electron chi connectivity index (χ3n) is 3.59. The first-order valence-electron chi connectivity index (χ1n) is 6.83. The molecule has 0 aromatic heterocycles. The van der Waals surface area contributed by atoms with Crippen molar-refractivity contribution in [2.45, 2.75) is 32.4 Å². The Kier molecular flexibility index (Phi) is 4.56. The van der Waals surface area contributed by atoms with Crippen LogP contribution in [0.4, 0.5) is 0 Å². The van der Waals surface area contributed by atoms with E-state index in [1.165, 1.54) is 0 Å². The maximum absolute atomic E-state index is 12.2. The quantitative estimate of drug-likeness (QED) is 0.898. The molecule has 1 aromatic rings. The van der Waals surface area contributed by atoms with Crippen molar-refractivity contribution in [2.24, 2.45) is 0 Å². The fraction of sp³-hybridized carbons (Fsp3) is 0.467. The molecule has 0 radical (unpaired) electrons. The van der Waals surface area contributed by atoms with Crippen LogP contribution in [0.25, 0.3) is 0 Å². The summed E-state index contributed by atoms with van der Waals surface area (Å²) in [6.07, 6.45) is 0. The molecule has 1 saturated heterocycles. The monoisotopic (exact) mass is 354 g/mol. The Hall–Kier alpha value is -1.56. The zero-order valence-electron chi connectivity index (χ0n) is 12.4. The van der Waals surface area contributed by atoms with E-state index in [0.717, 1.165) is 10.2 Å². The second-order valence-corrected chi connectivity index (χ2v) is 6.47. The number of ether oxygens (including phenoxy) is 1. The van der Waals surface area contributed by atoms with E-state index in [0.29, 0.717) is 13.2 Å². The molecule has 1 atom stereocenters. The maximum Gasteiger partial charge on any atom is 0.246 e. The average molecular weight is 355 g/mol. The van der Waals surface area contributed by atoms with Crippen LogP contribution >= 0.6 is 15.9 Å². The summed E-state index contributed by atoms with van der Waals surface area (Å²) in [6.45, 7) is 5.88. The minimum atomic E-state index is -0.857. The largest absolute Gasteiger partial charge is 0.492 e. The van der Waals surface area contributed by atoms with Crippen LogP contribution in [0, 0.1) is 0 Å².